The van der Waals surface area contributed by atoms with Gasteiger partial charge in [0.2, 0.25) is 0 Å². The van der Waals surface area contributed by atoms with Crippen LogP contribution in [0, 0.1) is 12.7 Å². The zero-order chi connectivity index (χ0) is 8.43. The minimum Gasteiger partial charge on any atom is -0.298 e. The van der Waals surface area contributed by atoms with Crippen molar-refractivity contribution in [3.63, 3.8) is 0 Å². The molecule has 1 aromatic rings. The molecule has 0 N–H and O–H groups in total. The summed E-state index contributed by atoms with van der Waals surface area (Å²) >= 11 is 2.98. The average molecular weight is 217 g/mol. The Morgan fingerprint density at radius 2 is 2.18 bits per heavy atom. The van der Waals surface area contributed by atoms with Gasteiger partial charge in [-0.2, -0.15) is 0 Å². The number of aldehydes is 1. The van der Waals surface area contributed by atoms with Crippen LogP contribution in [0.15, 0.2) is 16.6 Å². The Morgan fingerprint density at radius 1 is 1.55 bits per heavy atom. The molecule has 11 heavy (non-hydrogen) atoms. The molecule has 0 heterocycles. The van der Waals surface area contributed by atoms with Crippen LogP contribution in [0.25, 0.3) is 0 Å². The first-order chi connectivity index (χ1) is 5.16. The summed E-state index contributed by atoms with van der Waals surface area (Å²) in [6.07, 6.45) is 0.641. The summed E-state index contributed by atoms with van der Waals surface area (Å²) in [4.78, 5) is 10.4. The molecule has 0 bridgehead atoms. The molecule has 0 spiro atoms. The molecule has 0 aliphatic heterocycles. The molecule has 0 saturated heterocycles. The molecule has 0 fully saturated rings. The average Bonchev–Trinajstić information content (AvgIpc) is 1.99. The van der Waals surface area contributed by atoms with E-state index in [-0.39, 0.29) is 4.47 Å². The van der Waals surface area contributed by atoms with Crippen molar-refractivity contribution >= 4 is 22.2 Å². The van der Waals surface area contributed by atoms with E-state index >= 15 is 0 Å². The molecule has 1 aromatic carbocycles. The van der Waals surface area contributed by atoms with Crippen LogP contribution < -0.4 is 0 Å². The van der Waals surface area contributed by atoms with Gasteiger partial charge >= 0.3 is 0 Å². The summed E-state index contributed by atoms with van der Waals surface area (Å²) in [6, 6.07) is 2.90. The second-order valence-corrected chi connectivity index (χ2v) is 3.00. The van der Waals surface area contributed by atoms with Crippen molar-refractivity contribution in [3.8, 4) is 0 Å². The highest BCUT2D eigenvalue weighted by Gasteiger charge is 2.06. The first-order valence-corrected chi connectivity index (χ1v) is 3.86. The van der Waals surface area contributed by atoms with Crippen molar-refractivity contribution in [2.24, 2.45) is 0 Å². The highest BCUT2D eigenvalue weighted by atomic mass is 79.9. The van der Waals surface area contributed by atoms with Crippen LogP contribution in [-0.4, -0.2) is 6.29 Å². The quantitative estimate of drug-likeness (QED) is 0.661. The van der Waals surface area contributed by atoms with Gasteiger partial charge in [0.05, 0.1) is 4.47 Å². The molecule has 1 nitrogen and oxygen atoms in total. The Labute approximate surface area is 72.4 Å². The molecule has 0 aliphatic carbocycles. The lowest BCUT2D eigenvalue weighted by Gasteiger charge is -2.00. The monoisotopic (exact) mass is 216 g/mol. The topological polar surface area (TPSA) is 17.1 Å². The van der Waals surface area contributed by atoms with E-state index in [2.05, 4.69) is 15.9 Å². The van der Waals surface area contributed by atoms with E-state index in [9.17, 15) is 9.18 Å². The Bertz CT molecular complexity index is 296. The highest BCUT2D eigenvalue weighted by Crippen LogP contribution is 2.21. The van der Waals surface area contributed by atoms with Crippen molar-refractivity contribution in [3.05, 3.63) is 33.5 Å². The molecule has 0 unspecified atom stereocenters. The molecule has 0 amide bonds. The van der Waals surface area contributed by atoms with Crippen LogP contribution in [0.5, 0.6) is 0 Å². The number of rotatable bonds is 1. The largest absolute Gasteiger partial charge is 0.298 e. The third kappa shape index (κ3) is 1.48. The highest BCUT2D eigenvalue weighted by molar-refractivity contribution is 9.10. The van der Waals surface area contributed by atoms with Crippen molar-refractivity contribution in [2.75, 3.05) is 0 Å². The van der Waals surface area contributed by atoms with Crippen molar-refractivity contribution in [2.45, 2.75) is 6.92 Å². The minimum atomic E-state index is -0.405. The van der Waals surface area contributed by atoms with Crippen LogP contribution in [0.4, 0.5) is 4.39 Å². The number of carbonyl (C=O) groups is 1. The van der Waals surface area contributed by atoms with Gasteiger partial charge in [-0.05, 0) is 34.5 Å². The number of halogens is 2. The molecular formula is C8H6BrFO. The van der Waals surface area contributed by atoms with E-state index in [0.717, 1.165) is 5.56 Å². The van der Waals surface area contributed by atoms with E-state index in [1.165, 1.54) is 6.07 Å². The number of hydrogen-bond acceptors (Lipinski definition) is 1. The molecule has 0 radical (unpaired) electrons. The van der Waals surface area contributed by atoms with Crippen molar-refractivity contribution < 1.29 is 9.18 Å². The zero-order valence-electron chi connectivity index (χ0n) is 5.90. The van der Waals surface area contributed by atoms with Gasteiger partial charge in [0.15, 0.2) is 6.29 Å². The van der Waals surface area contributed by atoms with E-state index in [4.69, 9.17) is 0 Å². The van der Waals surface area contributed by atoms with Crippen LogP contribution >= 0.6 is 15.9 Å². The fourth-order valence-corrected chi connectivity index (χ4v) is 1.35. The second-order valence-electron chi connectivity index (χ2n) is 2.21. The Morgan fingerprint density at radius 3 is 2.64 bits per heavy atom. The second kappa shape index (κ2) is 3.13. The lowest BCUT2D eigenvalue weighted by molar-refractivity contribution is 0.112. The fraction of sp³-hybridized carbons (Fsp3) is 0.125. The van der Waals surface area contributed by atoms with Gasteiger partial charge in [0, 0.05) is 5.56 Å². The van der Waals surface area contributed by atoms with Gasteiger partial charge < -0.3 is 0 Å². The number of carbonyl (C=O) groups excluding carboxylic acids is 1. The standard InChI is InChI=1S/C8H6BrFO/c1-5-2-3-7(10)8(9)6(5)4-11/h2-4H,1H3. The molecule has 0 aromatic heterocycles. The van der Waals surface area contributed by atoms with Gasteiger partial charge in [0.1, 0.15) is 5.82 Å². The van der Waals surface area contributed by atoms with Crippen LogP contribution in [0.3, 0.4) is 0 Å². The molecule has 0 saturated carbocycles. The van der Waals surface area contributed by atoms with Gasteiger partial charge in [-0.25, -0.2) is 4.39 Å². The van der Waals surface area contributed by atoms with E-state index in [1.54, 1.807) is 13.0 Å². The van der Waals surface area contributed by atoms with Crippen LogP contribution in [0.2, 0.25) is 0 Å². The first kappa shape index (κ1) is 8.40. The summed E-state index contributed by atoms with van der Waals surface area (Å²) in [5.74, 6) is -0.405. The molecule has 3 heteroatoms. The Balaban J connectivity index is 3.40. The lowest BCUT2D eigenvalue weighted by Crippen LogP contribution is -1.90. The first-order valence-electron chi connectivity index (χ1n) is 3.06. The SMILES string of the molecule is Cc1ccc(F)c(Br)c1C=O. The Kier molecular flexibility index (Phi) is 2.39. The smallest absolute Gasteiger partial charge is 0.151 e. The summed E-state index contributed by atoms with van der Waals surface area (Å²) < 4.78 is 13.0. The van der Waals surface area contributed by atoms with Gasteiger partial charge in [-0.3, -0.25) is 4.79 Å². The van der Waals surface area contributed by atoms with Crippen molar-refractivity contribution in [1.82, 2.24) is 0 Å². The number of aryl methyl sites for hydroxylation is 1. The molecular weight excluding hydrogens is 211 g/mol. The van der Waals surface area contributed by atoms with Crippen molar-refractivity contribution in [1.29, 1.82) is 0 Å². The van der Waals surface area contributed by atoms with E-state index in [1.807, 2.05) is 0 Å². The van der Waals surface area contributed by atoms with Crippen LogP contribution in [0.1, 0.15) is 15.9 Å². The number of benzene rings is 1. The maximum absolute atomic E-state index is 12.7. The maximum atomic E-state index is 12.7. The van der Waals surface area contributed by atoms with Gasteiger partial charge in [-0.1, -0.05) is 6.07 Å². The zero-order valence-corrected chi connectivity index (χ0v) is 7.48. The molecule has 1 rings (SSSR count). The lowest BCUT2D eigenvalue weighted by atomic mass is 10.1. The molecule has 58 valence electrons. The number of hydrogen-bond donors (Lipinski definition) is 0. The van der Waals surface area contributed by atoms with Crippen LogP contribution in [-0.2, 0) is 0 Å². The van der Waals surface area contributed by atoms with E-state index < -0.39 is 5.82 Å². The summed E-state index contributed by atoms with van der Waals surface area (Å²) in [6.45, 7) is 1.76. The summed E-state index contributed by atoms with van der Waals surface area (Å²) in [5, 5.41) is 0. The Hall–Kier alpha value is -0.700. The maximum Gasteiger partial charge on any atom is 0.151 e. The van der Waals surface area contributed by atoms with E-state index in [0.29, 0.717) is 11.8 Å². The predicted octanol–water partition coefficient (Wildman–Crippen LogP) is 2.71. The summed E-state index contributed by atoms with van der Waals surface area (Å²) in [7, 11) is 0. The predicted molar refractivity (Wildman–Crippen MR) is 44.2 cm³/mol. The fourth-order valence-electron chi connectivity index (χ4n) is 0.808. The normalized spacial score (nSPS) is 9.73. The summed E-state index contributed by atoms with van der Waals surface area (Å²) in [5.41, 5.74) is 1.15. The molecule has 0 atom stereocenters. The van der Waals surface area contributed by atoms with Gasteiger partial charge in [-0.15, -0.1) is 0 Å². The molecule has 0 aliphatic rings. The minimum absolute atomic E-state index is 0.243. The third-order valence-electron chi connectivity index (χ3n) is 1.47. The van der Waals surface area contributed by atoms with Gasteiger partial charge in [0.25, 0.3) is 0 Å². The third-order valence-corrected chi connectivity index (χ3v) is 2.27.